The van der Waals surface area contributed by atoms with Gasteiger partial charge < -0.3 is 4.98 Å². The number of aromatic nitrogens is 3. The standard InChI is InChI=1S/C15H15N3S/c1-9-7-12-14(16-8-9)18(15(19)17-12)13-6-4-5-10(2)11(13)3/h4-8H,1-3H3,(H,17,19). The second-order valence-corrected chi connectivity index (χ2v) is 5.26. The van der Waals surface area contributed by atoms with E-state index in [2.05, 4.69) is 42.0 Å². The van der Waals surface area contributed by atoms with Crippen LogP contribution in [0.2, 0.25) is 0 Å². The van der Waals surface area contributed by atoms with Gasteiger partial charge >= 0.3 is 0 Å². The molecule has 1 aromatic carbocycles. The maximum atomic E-state index is 5.45. The van der Waals surface area contributed by atoms with Crippen LogP contribution < -0.4 is 0 Å². The van der Waals surface area contributed by atoms with Gasteiger partial charge in [-0.15, -0.1) is 0 Å². The Morgan fingerprint density at radius 2 is 2.00 bits per heavy atom. The first-order valence-electron chi connectivity index (χ1n) is 6.22. The number of nitrogens with one attached hydrogen (secondary N) is 1. The van der Waals surface area contributed by atoms with Crippen LogP contribution >= 0.6 is 12.2 Å². The molecule has 2 aromatic heterocycles. The predicted molar refractivity (Wildman–Crippen MR) is 80.5 cm³/mol. The maximum absolute atomic E-state index is 5.45. The fourth-order valence-corrected chi connectivity index (χ4v) is 2.60. The number of aromatic amines is 1. The molecule has 0 radical (unpaired) electrons. The van der Waals surface area contributed by atoms with Gasteiger partial charge in [0.2, 0.25) is 0 Å². The molecule has 0 saturated carbocycles. The van der Waals surface area contributed by atoms with Crippen molar-refractivity contribution in [2.45, 2.75) is 20.8 Å². The molecule has 0 fully saturated rings. The molecular formula is C15H15N3S. The number of benzene rings is 1. The van der Waals surface area contributed by atoms with Gasteiger partial charge in [0, 0.05) is 6.20 Å². The molecule has 0 atom stereocenters. The Morgan fingerprint density at radius 1 is 1.21 bits per heavy atom. The number of H-pyrrole nitrogens is 1. The molecule has 0 unspecified atom stereocenters. The Kier molecular flexibility index (Phi) is 2.75. The molecule has 4 heteroatoms. The Morgan fingerprint density at radius 3 is 2.79 bits per heavy atom. The largest absolute Gasteiger partial charge is 0.329 e. The van der Waals surface area contributed by atoms with Gasteiger partial charge in [-0.2, -0.15) is 0 Å². The molecular weight excluding hydrogens is 254 g/mol. The van der Waals surface area contributed by atoms with Crippen LogP contribution in [0.1, 0.15) is 16.7 Å². The molecule has 19 heavy (non-hydrogen) atoms. The number of hydrogen-bond acceptors (Lipinski definition) is 2. The summed E-state index contributed by atoms with van der Waals surface area (Å²) in [5.74, 6) is 0. The van der Waals surface area contributed by atoms with E-state index in [-0.39, 0.29) is 0 Å². The lowest BCUT2D eigenvalue weighted by atomic mass is 10.1. The molecule has 0 aliphatic heterocycles. The van der Waals surface area contributed by atoms with Crippen LogP contribution in [-0.2, 0) is 0 Å². The molecule has 0 aliphatic carbocycles. The first-order valence-corrected chi connectivity index (χ1v) is 6.63. The van der Waals surface area contributed by atoms with E-state index in [4.69, 9.17) is 12.2 Å². The van der Waals surface area contributed by atoms with Gasteiger partial charge in [0.1, 0.15) is 0 Å². The zero-order chi connectivity index (χ0) is 13.6. The number of aryl methyl sites for hydroxylation is 2. The highest BCUT2D eigenvalue weighted by Crippen LogP contribution is 2.22. The zero-order valence-corrected chi connectivity index (χ0v) is 12.0. The van der Waals surface area contributed by atoms with Crippen molar-refractivity contribution in [3.05, 3.63) is 51.9 Å². The number of imidazole rings is 1. The Labute approximate surface area is 116 Å². The smallest absolute Gasteiger partial charge is 0.184 e. The fourth-order valence-electron chi connectivity index (χ4n) is 2.30. The van der Waals surface area contributed by atoms with Gasteiger partial charge in [-0.1, -0.05) is 12.1 Å². The van der Waals surface area contributed by atoms with E-state index in [1.54, 1.807) is 0 Å². The van der Waals surface area contributed by atoms with Crippen molar-refractivity contribution in [3.63, 3.8) is 0 Å². The van der Waals surface area contributed by atoms with Gasteiger partial charge in [0.05, 0.1) is 11.2 Å². The number of nitrogens with zero attached hydrogens (tertiary/aromatic N) is 2. The van der Waals surface area contributed by atoms with Crippen molar-refractivity contribution in [3.8, 4) is 5.69 Å². The molecule has 0 spiro atoms. The number of pyridine rings is 1. The molecule has 0 amide bonds. The summed E-state index contributed by atoms with van der Waals surface area (Å²) >= 11 is 5.45. The normalized spacial score (nSPS) is 11.1. The van der Waals surface area contributed by atoms with E-state index in [1.807, 2.05) is 23.8 Å². The van der Waals surface area contributed by atoms with Gasteiger partial charge in [-0.05, 0) is 61.8 Å². The van der Waals surface area contributed by atoms with Crippen LogP contribution in [-0.4, -0.2) is 14.5 Å². The van der Waals surface area contributed by atoms with Crippen molar-refractivity contribution in [2.24, 2.45) is 0 Å². The first-order chi connectivity index (χ1) is 9.08. The zero-order valence-electron chi connectivity index (χ0n) is 11.2. The van der Waals surface area contributed by atoms with Gasteiger partial charge in [-0.3, -0.25) is 4.57 Å². The fraction of sp³-hybridized carbons (Fsp3) is 0.200. The van der Waals surface area contributed by atoms with Crippen LogP contribution in [0.15, 0.2) is 30.5 Å². The van der Waals surface area contributed by atoms with E-state index in [9.17, 15) is 0 Å². The van der Waals surface area contributed by atoms with Gasteiger partial charge in [0.15, 0.2) is 10.4 Å². The minimum atomic E-state index is 0.682. The lowest BCUT2D eigenvalue weighted by Gasteiger charge is -2.10. The average Bonchev–Trinajstić information content (AvgIpc) is 2.68. The quantitative estimate of drug-likeness (QED) is 0.677. The third-order valence-corrected chi connectivity index (χ3v) is 3.76. The van der Waals surface area contributed by atoms with E-state index in [0.29, 0.717) is 4.77 Å². The third-order valence-electron chi connectivity index (χ3n) is 3.48. The van der Waals surface area contributed by atoms with Crippen LogP contribution in [0.4, 0.5) is 0 Å². The van der Waals surface area contributed by atoms with E-state index in [1.165, 1.54) is 11.1 Å². The lowest BCUT2D eigenvalue weighted by Crippen LogP contribution is -1.99. The highest BCUT2D eigenvalue weighted by molar-refractivity contribution is 7.71. The monoisotopic (exact) mass is 269 g/mol. The SMILES string of the molecule is Cc1cnc2c(c1)[nH]c(=S)n2-c1cccc(C)c1C. The molecule has 1 N–H and O–H groups in total. The Hall–Kier alpha value is -1.94. The molecule has 2 heterocycles. The number of fused-ring (bicyclic) bond motifs is 1. The van der Waals surface area contributed by atoms with E-state index < -0.39 is 0 Å². The topological polar surface area (TPSA) is 33.6 Å². The number of rotatable bonds is 1. The molecule has 0 bridgehead atoms. The Balaban J connectivity index is 2.40. The number of hydrogen-bond donors (Lipinski definition) is 1. The molecule has 3 aromatic rings. The van der Waals surface area contributed by atoms with Gasteiger partial charge in [-0.25, -0.2) is 4.98 Å². The molecule has 0 saturated heterocycles. The first kappa shape index (κ1) is 12.1. The van der Waals surface area contributed by atoms with Crippen molar-refractivity contribution >= 4 is 23.4 Å². The molecule has 3 nitrogen and oxygen atoms in total. The van der Waals surface area contributed by atoms with Crippen molar-refractivity contribution < 1.29 is 0 Å². The minimum Gasteiger partial charge on any atom is -0.329 e. The van der Waals surface area contributed by atoms with Crippen LogP contribution in [0.3, 0.4) is 0 Å². The summed E-state index contributed by atoms with van der Waals surface area (Å²) in [6.07, 6.45) is 1.87. The van der Waals surface area contributed by atoms with Gasteiger partial charge in [0.25, 0.3) is 0 Å². The Bertz CT molecular complexity index is 827. The summed E-state index contributed by atoms with van der Waals surface area (Å²) < 4.78 is 2.69. The van der Waals surface area contributed by atoms with Crippen LogP contribution in [0.5, 0.6) is 0 Å². The second kappa shape index (κ2) is 4.31. The summed E-state index contributed by atoms with van der Waals surface area (Å²) in [6.45, 7) is 6.24. The van der Waals surface area contributed by atoms with Crippen LogP contribution in [0.25, 0.3) is 16.9 Å². The highest BCUT2D eigenvalue weighted by atomic mass is 32.1. The van der Waals surface area contributed by atoms with Crippen molar-refractivity contribution in [1.82, 2.24) is 14.5 Å². The van der Waals surface area contributed by atoms with Crippen molar-refractivity contribution in [2.75, 3.05) is 0 Å². The van der Waals surface area contributed by atoms with Crippen molar-refractivity contribution in [1.29, 1.82) is 0 Å². The second-order valence-electron chi connectivity index (χ2n) is 4.87. The predicted octanol–water partition coefficient (Wildman–Crippen LogP) is 4.01. The highest BCUT2D eigenvalue weighted by Gasteiger charge is 2.10. The van der Waals surface area contributed by atoms with E-state index in [0.717, 1.165) is 22.4 Å². The maximum Gasteiger partial charge on any atom is 0.184 e. The lowest BCUT2D eigenvalue weighted by molar-refractivity contribution is 1.02. The average molecular weight is 269 g/mol. The van der Waals surface area contributed by atoms with E-state index >= 15 is 0 Å². The van der Waals surface area contributed by atoms with Crippen LogP contribution in [0, 0.1) is 25.5 Å². The summed E-state index contributed by atoms with van der Waals surface area (Å²) in [6, 6.07) is 8.30. The molecule has 0 aliphatic rings. The summed E-state index contributed by atoms with van der Waals surface area (Å²) in [4.78, 5) is 7.74. The minimum absolute atomic E-state index is 0.682. The third kappa shape index (κ3) is 1.88. The summed E-state index contributed by atoms with van der Waals surface area (Å²) in [5.41, 5.74) is 6.54. The summed E-state index contributed by atoms with van der Waals surface area (Å²) in [5, 5.41) is 0. The summed E-state index contributed by atoms with van der Waals surface area (Å²) in [7, 11) is 0. The molecule has 3 rings (SSSR count). The molecule has 96 valence electrons.